The summed E-state index contributed by atoms with van der Waals surface area (Å²) in [6.45, 7) is 4.40. The number of aromatic nitrogens is 2. The third-order valence-corrected chi connectivity index (χ3v) is 8.87. The van der Waals surface area contributed by atoms with Gasteiger partial charge in [-0.25, -0.2) is 4.79 Å². The highest BCUT2D eigenvalue weighted by atomic mass is 32.2. The van der Waals surface area contributed by atoms with Gasteiger partial charge in [0, 0.05) is 17.0 Å². The Morgan fingerprint density at radius 1 is 0.872 bits per heavy atom. The van der Waals surface area contributed by atoms with Crippen molar-refractivity contribution in [2.24, 2.45) is 0 Å². The van der Waals surface area contributed by atoms with Crippen LogP contribution in [0.15, 0.2) is 104 Å². The van der Waals surface area contributed by atoms with Gasteiger partial charge in [0.15, 0.2) is 0 Å². The number of ether oxygens (including phenoxy) is 1. The molecule has 0 aliphatic heterocycles. The highest BCUT2D eigenvalue weighted by Gasteiger charge is 2.25. The van der Waals surface area contributed by atoms with Crippen LogP contribution < -0.4 is 16.0 Å². The Hall–Kier alpha value is -3.36. The molecule has 0 unspecified atom stereocenters. The van der Waals surface area contributed by atoms with Gasteiger partial charge in [-0.15, -0.1) is 0 Å². The van der Waals surface area contributed by atoms with Gasteiger partial charge in [0.1, 0.15) is 5.75 Å². The summed E-state index contributed by atoms with van der Waals surface area (Å²) in [7, 11) is -3.49. The van der Waals surface area contributed by atoms with E-state index in [2.05, 4.69) is 4.98 Å². The molecule has 1 N–H and O–H groups in total. The van der Waals surface area contributed by atoms with Crippen LogP contribution in [0.4, 0.5) is 0 Å². The molecule has 39 heavy (non-hydrogen) atoms. The molecule has 0 saturated carbocycles. The van der Waals surface area contributed by atoms with Crippen molar-refractivity contribution in [1.29, 1.82) is 0 Å². The van der Waals surface area contributed by atoms with E-state index in [0.717, 1.165) is 16.0 Å². The van der Waals surface area contributed by atoms with E-state index in [1.165, 1.54) is 16.3 Å². The predicted molar refractivity (Wildman–Crippen MR) is 153 cm³/mol. The number of hydrogen-bond donors (Lipinski definition) is 1. The highest BCUT2D eigenvalue weighted by molar-refractivity contribution is 7.99. The average Bonchev–Trinajstić information content (AvgIpc) is 2.95. The number of rotatable bonds is 13. The molecule has 0 spiro atoms. The minimum atomic E-state index is -3.49. The van der Waals surface area contributed by atoms with Crippen LogP contribution in [0.25, 0.3) is 0 Å². The molecule has 0 fully saturated rings. The maximum Gasteiger partial charge on any atom is 0.334 e. The summed E-state index contributed by atoms with van der Waals surface area (Å²) in [5, 5.41) is 0.580. The van der Waals surface area contributed by atoms with Crippen molar-refractivity contribution in [3.63, 3.8) is 0 Å². The van der Waals surface area contributed by atoms with E-state index in [4.69, 9.17) is 13.8 Å². The minimum Gasteiger partial charge on any atom is -0.493 e. The van der Waals surface area contributed by atoms with Crippen LogP contribution in [0.3, 0.4) is 0 Å². The van der Waals surface area contributed by atoms with Crippen LogP contribution in [0.2, 0.25) is 0 Å². The zero-order chi connectivity index (χ0) is 27.7. The molecule has 0 bridgehead atoms. The van der Waals surface area contributed by atoms with Gasteiger partial charge >= 0.3 is 13.3 Å². The summed E-state index contributed by atoms with van der Waals surface area (Å²) in [6, 6.07) is 26.3. The third kappa shape index (κ3) is 8.07. The van der Waals surface area contributed by atoms with E-state index in [-0.39, 0.29) is 26.0 Å². The SMILES string of the molecule is CCn1c(Sc2cccc(OCCP(=O)(OCc3ccccc3)OCc3ccccc3)c2)c(C)c(=O)[nH]c1=O. The monoisotopic (exact) mass is 566 g/mol. The largest absolute Gasteiger partial charge is 0.493 e. The number of nitrogens with zero attached hydrogens (tertiary/aromatic N) is 1. The molecule has 3 aromatic carbocycles. The third-order valence-electron chi connectivity index (χ3n) is 5.88. The molecule has 8 nitrogen and oxygen atoms in total. The van der Waals surface area contributed by atoms with Gasteiger partial charge in [0.05, 0.1) is 31.0 Å². The van der Waals surface area contributed by atoms with Crippen LogP contribution in [-0.2, 0) is 33.4 Å². The molecule has 1 heterocycles. The molecule has 4 rings (SSSR count). The summed E-state index contributed by atoms with van der Waals surface area (Å²) >= 11 is 1.32. The quantitative estimate of drug-likeness (QED) is 0.156. The predicted octanol–water partition coefficient (Wildman–Crippen LogP) is 6.02. The van der Waals surface area contributed by atoms with Crippen LogP contribution in [0.1, 0.15) is 23.6 Å². The van der Waals surface area contributed by atoms with Crippen molar-refractivity contribution in [2.75, 3.05) is 12.8 Å². The smallest absolute Gasteiger partial charge is 0.334 e. The van der Waals surface area contributed by atoms with Crippen LogP contribution in [0.5, 0.6) is 5.75 Å². The molecule has 0 saturated heterocycles. The second kappa shape index (κ2) is 13.6. The van der Waals surface area contributed by atoms with Gasteiger partial charge in [-0.05, 0) is 43.2 Å². The summed E-state index contributed by atoms with van der Waals surface area (Å²) in [5.74, 6) is 0.561. The van der Waals surface area contributed by atoms with Gasteiger partial charge in [-0.1, -0.05) is 78.5 Å². The van der Waals surface area contributed by atoms with Gasteiger partial charge in [-0.3, -0.25) is 18.9 Å². The first-order valence-corrected chi connectivity index (χ1v) is 15.1. The van der Waals surface area contributed by atoms with Gasteiger partial charge < -0.3 is 13.8 Å². The number of hydrogen-bond acceptors (Lipinski definition) is 7. The maximum absolute atomic E-state index is 13.6. The number of H-pyrrole nitrogens is 1. The number of nitrogens with one attached hydrogen (secondary N) is 1. The topological polar surface area (TPSA) is 99.6 Å². The first-order valence-electron chi connectivity index (χ1n) is 12.6. The zero-order valence-electron chi connectivity index (χ0n) is 21.9. The van der Waals surface area contributed by atoms with Crippen molar-refractivity contribution in [2.45, 2.75) is 43.5 Å². The first kappa shape index (κ1) is 28.6. The molecule has 0 aliphatic rings. The molecule has 0 radical (unpaired) electrons. The molecule has 0 atom stereocenters. The van der Waals surface area contributed by atoms with E-state index in [9.17, 15) is 14.2 Å². The molecule has 0 amide bonds. The van der Waals surface area contributed by atoms with Crippen molar-refractivity contribution in [3.05, 3.63) is 122 Å². The standard InChI is InChI=1S/C29H31N2O6PS/c1-3-31-28(22(2)27(32)30-29(31)33)39-26-16-10-15-25(19-26)35-17-18-38(34,36-20-23-11-6-4-7-12-23)37-21-24-13-8-5-9-14-24/h4-16,19H,3,17-18,20-21H2,1-2H3,(H,30,32,33). The fourth-order valence-electron chi connectivity index (χ4n) is 3.74. The maximum atomic E-state index is 13.6. The van der Waals surface area contributed by atoms with Crippen molar-refractivity contribution < 1.29 is 18.3 Å². The van der Waals surface area contributed by atoms with Crippen molar-refractivity contribution in [3.8, 4) is 5.75 Å². The van der Waals surface area contributed by atoms with Gasteiger partial charge in [0.2, 0.25) is 0 Å². The fraction of sp³-hybridized carbons (Fsp3) is 0.241. The van der Waals surface area contributed by atoms with E-state index >= 15 is 0 Å². The number of benzene rings is 3. The van der Waals surface area contributed by atoms with Gasteiger partial charge in [-0.2, -0.15) is 0 Å². The molecule has 0 aliphatic carbocycles. The molecule has 10 heteroatoms. The lowest BCUT2D eigenvalue weighted by Crippen LogP contribution is -2.32. The minimum absolute atomic E-state index is 0.0621. The Kier molecular flexibility index (Phi) is 10.0. The molecular formula is C29H31N2O6PS. The van der Waals surface area contributed by atoms with Crippen molar-refractivity contribution >= 4 is 19.4 Å². The Morgan fingerprint density at radius 2 is 1.49 bits per heavy atom. The molecular weight excluding hydrogens is 535 g/mol. The van der Waals surface area contributed by atoms with E-state index in [1.54, 1.807) is 13.0 Å². The van der Waals surface area contributed by atoms with Crippen LogP contribution >= 0.6 is 19.4 Å². The Balaban J connectivity index is 1.43. The zero-order valence-corrected chi connectivity index (χ0v) is 23.6. The lowest BCUT2D eigenvalue weighted by Gasteiger charge is -2.19. The summed E-state index contributed by atoms with van der Waals surface area (Å²) < 4.78 is 32.7. The Morgan fingerprint density at radius 3 is 2.08 bits per heavy atom. The van der Waals surface area contributed by atoms with Gasteiger partial charge in [0.25, 0.3) is 5.56 Å². The highest BCUT2D eigenvalue weighted by Crippen LogP contribution is 2.49. The first-order chi connectivity index (χ1) is 18.9. The lowest BCUT2D eigenvalue weighted by molar-refractivity contribution is 0.186. The summed E-state index contributed by atoms with van der Waals surface area (Å²) in [5.41, 5.74) is 1.42. The van der Waals surface area contributed by atoms with Crippen LogP contribution in [0, 0.1) is 6.92 Å². The second-order valence-electron chi connectivity index (χ2n) is 8.71. The van der Waals surface area contributed by atoms with E-state index in [1.807, 2.05) is 85.8 Å². The van der Waals surface area contributed by atoms with E-state index in [0.29, 0.717) is 22.9 Å². The molecule has 1 aromatic heterocycles. The van der Waals surface area contributed by atoms with Crippen molar-refractivity contribution in [1.82, 2.24) is 9.55 Å². The fourth-order valence-corrected chi connectivity index (χ4v) is 6.20. The number of aromatic amines is 1. The van der Waals surface area contributed by atoms with Crippen LogP contribution in [-0.4, -0.2) is 22.3 Å². The lowest BCUT2D eigenvalue weighted by atomic mass is 10.2. The average molecular weight is 567 g/mol. The Labute approximate surface area is 231 Å². The Bertz CT molecular complexity index is 1490. The normalized spacial score (nSPS) is 11.4. The summed E-state index contributed by atoms with van der Waals surface area (Å²) in [4.78, 5) is 27.5. The molecule has 4 aromatic rings. The summed E-state index contributed by atoms with van der Waals surface area (Å²) in [6.07, 6.45) is 0.0621. The molecule has 204 valence electrons. The second-order valence-corrected chi connectivity index (χ2v) is 12.0. The van der Waals surface area contributed by atoms with E-state index < -0.39 is 18.8 Å².